The van der Waals surface area contributed by atoms with Crippen LogP contribution in [0.25, 0.3) is 0 Å². The minimum atomic E-state index is -1.11. The third kappa shape index (κ3) is 4.58. The minimum Gasteiger partial charge on any atom is -0.368 e. The number of benzene rings is 1. The number of piperazine rings is 1. The summed E-state index contributed by atoms with van der Waals surface area (Å²) < 4.78 is 0. The second-order valence-corrected chi connectivity index (χ2v) is 8.13. The Morgan fingerprint density at radius 2 is 1.76 bits per heavy atom. The van der Waals surface area contributed by atoms with E-state index in [2.05, 4.69) is 47.2 Å². The van der Waals surface area contributed by atoms with Gasteiger partial charge in [0.15, 0.2) is 0 Å². The lowest BCUT2D eigenvalue weighted by Gasteiger charge is -2.39. The number of hydrogen-bond acceptors (Lipinski definition) is 4. The Morgan fingerprint density at radius 3 is 2.41 bits per heavy atom. The van der Waals surface area contributed by atoms with Gasteiger partial charge in [0, 0.05) is 38.1 Å². The van der Waals surface area contributed by atoms with Crippen molar-refractivity contribution in [3.8, 4) is 0 Å². The summed E-state index contributed by atoms with van der Waals surface area (Å²) in [4.78, 5) is 34.1. The first-order valence-corrected chi connectivity index (χ1v) is 10.1. The lowest BCUT2D eigenvalue weighted by atomic mass is 9.90. The van der Waals surface area contributed by atoms with Gasteiger partial charge in [-0.3, -0.25) is 14.6 Å². The molecule has 0 unspecified atom stereocenters. The lowest BCUT2D eigenvalue weighted by Crippen LogP contribution is -2.55. The molecule has 6 heteroatoms. The normalized spacial score (nSPS) is 14.6. The quantitative estimate of drug-likeness (QED) is 0.792. The van der Waals surface area contributed by atoms with E-state index in [1.807, 2.05) is 23.1 Å². The largest absolute Gasteiger partial charge is 0.368 e. The molecule has 0 spiro atoms. The second kappa shape index (κ2) is 8.64. The number of aryl methyl sites for hydroxylation is 1. The number of nitrogens with one attached hydrogen (secondary N) is 1. The van der Waals surface area contributed by atoms with E-state index < -0.39 is 5.41 Å². The molecule has 1 aliphatic heterocycles. The third-order valence-corrected chi connectivity index (χ3v) is 5.74. The molecule has 2 amide bonds. The van der Waals surface area contributed by atoms with Crippen molar-refractivity contribution in [1.29, 1.82) is 0 Å². The van der Waals surface area contributed by atoms with Crippen LogP contribution in [0.4, 0.5) is 5.69 Å². The topological polar surface area (TPSA) is 65.5 Å². The van der Waals surface area contributed by atoms with E-state index in [1.165, 1.54) is 16.8 Å². The molecule has 0 radical (unpaired) electrons. The standard InChI is InChI=1S/C23H30N4O2/c1-17-8-7-10-20(18(17)2)26-12-14-27(15-13-26)22(29)23(3,4)21(28)25-16-19-9-5-6-11-24-19/h5-11H,12-16H2,1-4H3,(H,25,28). The van der Waals surface area contributed by atoms with Crippen molar-refractivity contribution < 1.29 is 9.59 Å². The van der Waals surface area contributed by atoms with E-state index in [1.54, 1.807) is 20.0 Å². The van der Waals surface area contributed by atoms with Gasteiger partial charge in [0.05, 0.1) is 12.2 Å². The van der Waals surface area contributed by atoms with Crippen LogP contribution in [0.5, 0.6) is 0 Å². The fourth-order valence-corrected chi connectivity index (χ4v) is 3.62. The van der Waals surface area contributed by atoms with E-state index >= 15 is 0 Å². The summed E-state index contributed by atoms with van der Waals surface area (Å²) in [5.74, 6) is -0.401. The van der Waals surface area contributed by atoms with Crippen LogP contribution >= 0.6 is 0 Å². The van der Waals surface area contributed by atoms with Gasteiger partial charge in [0.25, 0.3) is 0 Å². The van der Waals surface area contributed by atoms with E-state index in [9.17, 15) is 9.59 Å². The van der Waals surface area contributed by atoms with Crippen LogP contribution in [-0.2, 0) is 16.1 Å². The highest BCUT2D eigenvalue weighted by atomic mass is 16.2. The molecular formula is C23H30N4O2. The first-order valence-electron chi connectivity index (χ1n) is 10.1. The van der Waals surface area contributed by atoms with Gasteiger partial charge in [-0.25, -0.2) is 0 Å². The summed E-state index contributed by atoms with van der Waals surface area (Å²) in [7, 11) is 0. The predicted molar refractivity (Wildman–Crippen MR) is 115 cm³/mol. The maximum atomic E-state index is 13.1. The predicted octanol–water partition coefficient (Wildman–Crippen LogP) is 2.69. The summed E-state index contributed by atoms with van der Waals surface area (Å²) in [6.45, 7) is 10.7. The third-order valence-electron chi connectivity index (χ3n) is 5.74. The summed E-state index contributed by atoms with van der Waals surface area (Å²) >= 11 is 0. The number of carbonyl (C=O) groups is 2. The average molecular weight is 395 g/mol. The van der Waals surface area contributed by atoms with Crippen molar-refractivity contribution in [3.05, 3.63) is 59.4 Å². The van der Waals surface area contributed by atoms with Crippen molar-refractivity contribution in [1.82, 2.24) is 15.2 Å². The molecule has 0 saturated carbocycles. The Labute approximate surface area is 172 Å². The lowest BCUT2D eigenvalue weighted by molar-refractivity contribution is -0.148. The molecule has 2 aromatic rings. The van der Waals surface area contributed by atoms with Gasteiger partial charge in [0.1, 0.15) is 5.41 Å². The van der Waals surface area contributed by atoms with Crippen molar-refractivity contribution in [2.24, 2.45) is 5.41 Å². The van der Waals surface area contributed by atoms with Crippen molar-refractivity contribution >= 4 is 17.5 Å². The molecule has 3 rings (SSSR count). The van der Waals surface area contributed by atoms with E-state index in [0.717, 1.165) is 18.8 Å². The van der Waals surface area contributed by atoms with Gasteiger partial charge in [-0.05, 0) is 57.0 Å². The van der Waals surface area contributed by atoms with Gasteiger partial charge in [-0.1, -0.05) is 18.2 Å². The van der Waals surface area contributed by atoms with Crippen LogP contribution in [0.2, 0.25) is 0 Å². The number of aromatic nitrogens is 1. The molecule has 2 heterocycles. The van der Waals surface area contributed by atoms with E-state index in [0.29, 0.717) is 19.6 Å². The zero-order chi connectivity index (χ0) is 21.0. The molecule has 1 saturated heterocycles. The van der Waals surface area contributed by atoms with Gasteiger partial charge < -0.3 is 15.1 Å². The summed E-state index contributed by atoms with van der Waals surface area (Å²) in [5.41, 5.74) is 3.43. The molecule has 29 heavy (non-hydrogen) atoms. The molecule has 1 aromatic carbocycles. The van der Waals surface area contributed by atoms with Crippen LogP contribution in [0.3, 0.4) is 0 Å². The zero-order valence-corrected chi connectivity index (χ0v) is 17.7. The molecule has 1 aliphatic rings. The molecule has 1 aromatic heterocycles. The number of carbonyl (C=O) groups excluding carboxylic acids is 2. The molecule has 6 nitrogen and oxygen atoms in total. The summed E-state index contributed by atoms with van der Waals surface area (Å²) in [6, 6.07) is 11.9. The molecule has 0 bridgehead atoms. The van der Waals surface area contributed by atoms with Crippen molar-refractivity contribution in [3.63, 3.8) is 0 Å². The molecule has 0 atom stereocenters. The van der Waals surface area contributed by atoms with E-state index in [4.69, 9.17) is 0 Å². The van der Waals surface area contributed by atoms with Gasteiger partial charge in [-0.15, -0.1) is 0 Å². The van der Waals surface area contributed by atoms with Crippen LogP contribution < -0.4 is 10.2 Å². The first-order chi connectivity index (χ1) is 13.8. The second-order valence-electron chi connectivity index (χ2n) is 8.13. The minimum absolute atomic E-state index is 0.128. The SMILES string of the molecule is Cc1cccc(N2CCN(C(=O)C(C)(C)C(=O)NCc3ccccn3)CC2)c1C. The van der Waals surface area contributed by atoms with Gasteiger partial charge >= 0.3 is 0 Å². The Bertz CT molecular complexity index is 872. The molecule has 0 aliphatic carbocycles. The number of amides is 2. The fourth-order valence-electron chi connectivity index (χ4n) is 3.62. The van der Waals surface area contributed by atoms with Crippen LogP contribution in [-0.4, -0.2) is 47.9 Å². The summed E-state index contributed by atoms with van der Waals surface area (Å²) in [5, 5.41) is 2.85. The monoisotopic (exact) mass is 394 g/mol. The Balaban J connectivity index is 1.58. The Hall–Kier alpha value is -2.89. The molecule has 1 N–H and O–H groups in total. The van der Waals surface area contributed by atoms with Crippen molar-refractivity contribution in [2.75, 3.05) is 31.1 Å². The smallest absolute Gasteiger partial charge is 0.237 e. The van der Waals surface area contributed by atoms with Crippen LogP contribution in [0.15, 0.2) is 42.6 Å². The maximum Gasteiger partial charge on any atom is 0.237 e. The summed E-state index contributed by atoms with van der Waals surface area (Å²) in [6.07, 6.45) is 1.69. The number of anilines is 1. The van der Waals surface area contributed by atoms with Gasteiger partial charge in [0.2, 0.25) is 11.8 Å². The molecule has 154 valence electrons. The van der Waals surface area contributed by atoms with Crippen molar-refractivity contribution in [2.45, 2.75) is 34.2 Å². The van der Waals surface area contributed by atoms with Gasteiger partial charge in [-0.2, -0.15) is 0 Å². The highest BCUT2D eigenvalue weighted by Gasteiger charge is 2.40. The Morgan fingerprint density at radius 1 is 1.03 bits per heavy atom. The number of hydrogen-bond donors (Lipinski definition) is 1. The van der Waals surface area contributed by atoms with Crippen LogP contribution in [0, 0.1) is 19.3 Å². The number of pyridine rings is 1. The average Bonchev–Trinajstić information content (AvgIpc) is 2.74. The zero-order valence-electron chi connectivity index (χ0n) is 17.7. The number of rotatable bonds is 5. The highest BCUT2D eigenvalue weighted by molar-refractivity contribution is 6.04. The maximum absolute atomic E-state index is 13.1. The Kier molecular flexibility index (Phi) is 6.20. The fraction of sp³-hybridized carbons (Fsp3) is 0.435. The first kappa shape index (κ1) is 20.8. The molecule has 1 fully saturated rings. The molecular weight excluding hydrogens is 364 g/mol. The number of nitrogens with zero attached hydrogens (tertiary/aromatic N) is 3. The highest BCUT2D eigenvalue weighted by Crippen LogP contribution is 2.26. The van der Waals surface area contributed by atoms with E-state index in [-0.39, 0.29) is 11.8 Å². The van der Waals surface area contributed by atoms with Crippen LogP contribution in [0.1, 0.15) is 30.7 Å².